The van der Waals surface area contributed by atoms with Crippen LogP contribution in [0, 0.1) is 0 Å². The third-order valence-electron chi connectivity index (χ3n) is 4.31. The van der Waals surface area contributed by atoms with Gasteiger partial charge in [0.25, 0.3) is 11.8 Å². The van der Waals surface area contributed by atoms with Crippen molar-refractivity contribution in [2.24, 2.45) is 0 Å². The maximum Gasteiger partial charge on any atom is 0.260 e. The predicted octanol–water partition coefficient (Wildman–Crippen LogP) is 2.69. The van der Waals surface area contributed by atoms with Gasteiger partial charge in [0, 0.05) is 35.8 Å². The van der Waals surface area contributed by atoms with Crippen LogP contribution in [0.1, 0.15) is 33.2 Å². The molecule has 1 aliphatic rings. The molecule has 7 heteroatoms. The van der Waals surface area contributed by atoms with E-state index in [-0.39, 0.29) is 30.7 Å². The first-order valence-electron chi connectivity index (χ1n) is 8.53. The number of benzene rings is 2. The maximum absolute atomic E-state index is 12.4. The minimum Gasteiger partial charge on any atom is -0.483 e. The molecule has 2 aromatic carbocycles. The lowest BCUT2D eigenvalue weighted by Crippen LogP contribution is -2.39. The Morgan fingerprint density at radius 2 is 1.93 bits per heavy atom. The number of hydrogen-bond donors (Lipinski definition) is 1. The Hall–Kier alpha value is -2.86. The number of fused-ring (bicyclic) bond motifs is 1. The third kappa shape index (κ3) is 4.46. The van der Waals surface area contributed by atoms with E-state index in [9.17, 15) is 14.4 Å². The Bertz CT molecular complexity index is 897. The van der Waals surface area contributed by atoms with Gasteiger partial charge in [-0.15, -0.1) is 0 Å². The number of amides is 2. The molecule has 6 nitrogen and oxygen atoms in total. The second-order valence-corrected chi connectivity index (χ2v) is 6.65. The monoisotopic (exact) mass is 386 g/mol. The lowest BCUT2D eigenvalue weighted by atomic mass is 10.0. The molecule has 1 N–H and O–H groups in total. The van der Waals surface area contributed by atoms with Gasteiger partial charge in [0.05, 0.1) is 5.56 Å². The largest absolute Gasteiger partial charge is 0.483 e. The van der Waals surface area contributed by atoms with E-state index in [2.05, 4.69) is 5.32 Å². The summed E-state index contributed by atoms with van der Waals surface area (Å²) in [5, 5.41) is 3.34. The van der Waals surface area contributed by atoms with Crippen LogP contribution in [0.3, 0.4) is 0 Å². The SMILES string of the molecule is CC(=O)c1ccccc1C(=O)NCCN1Cc2cc(Cl)ccc2OCC1=O. The minimum absolute atomic E-state index is 0.0598. The minimum atomic E-state index is -0.345. The van der Waals surface area contributed by atoms with E-state index in [1.54, 1.807) is 47.4 Å². The molecule has 1 heterocycles. The second kappa shape index (κ2) is 8.22. The normalized spacial score (nSPS) is 13.4. The molecule has 0 unspecified atom stereocenters. The fourth-order valence-corrected chi connectivity index (χ4v) is 3.12. The maximum atomic E-state index is 12.4. The van der Waals surface area contributed by atoms with Gasteiger partial charge in [-0.05, 0) is 31.2 Å². The summed E-state index contributed by atoms with van der Waals surface area (Å²) >= 11 is 6.02. The highest BCUT2D eigenvalue weighted by Gasteiger charge is 2.22. The number of Topliss-reactive ketones (excluding diaryl/α,β-unsaturated/α-hetero) is 1. The lowest BCUT2D eigenvalue weighted by molar-refractivity contribution is -0.133. The Labute approximate surface area is 162 Å². The van der Waals surface area contributed by atoms with E-state index in [0.29, 0.717) is 35.0 Å². The van der Waals surface area contributed by atoms with Crippen LogP contribution in [0.25, 0.3) is 0 Å². The number of carbonyl (C=O) groups is 3. The summed E-state index contributed by atoms with van der Waals surface area (Å²) in [6.45, 7) is 2.30. The number of halogens is 1. The van der Waals surface area contributed by atoms with Crippen LogP contribution in [-0.4, -0.2) is 42.2 Å². The first-order chi connectivity index (χ1) is 13.0. The first-order valence-corrected chi connectivity index (χ1v) is 8.90. The van der Waals surface area contributed by atoms with E-state index < -0.39 is 0 Å². The average Bonchev–Trinajstić information content (AvgIpc) is 2.80. The molecule has 1 aliphatic heterocycles. The lowest BCUT2D eigenvalue weighted by Gasteiger charge is -2.20. The zero-order valence-corrected chi connectivity index (χ0v) is 15.6. The number of nitrogens with zero attached hydrogens (tertiary/aromatic N) is 1. The molecule has 0 saturated carbocycles. The zero-order valence-electron chi connectivity index (χ0n) is 14.8. The molecule has 140 valence electrons. The summed E-state index contributed by atoms with van der Waals surface area (Å²) in [5.74, 6) is -0.0489. The fraction of sp³-hybridized carbons (Fsp3) is 0.250. The Morgan fingerprint density at radius 1 is 1.19 bits per heavy atom. The molecule has 2 aromatic rings. The Morgan fingerprint density at radius 3 is 2.67 bits per heavy atom. The van der Waals surface area contributed by atoms with Gasteiger partial charge in [-0.3, -0.25) is 14.4 Å². The molecule has 0 radical (unpaired) electrons. The molecule has 0 bridgehead atoms. The van der Waals surface area contributed by atoms with E-state index in [1.165, 1.54) is 6.92 Å². The molecule has 0 aliphatic carbocycles. The van der Waals surface area contributed by atoms with E-state index in [0.717, 1.165) is 5.56 Å². The van der Waals surface area contributed by atoms with Crippen LogP contribution < -0.4 is 10.1 Å². The van der Waals surface area contributed by atoms with Crippen molar-refractivity contribution in [3.8, 4) is 5.75 Å². The predicted molar refractivity (Wildman–Crippen MR) is 101 cm³/mol. The van der Waals surface area contributed by atoms with Crippen molar-refractivity contribution in [3.05, 3.63) is 64.2 Å². The number of ketones is 1. The number of ether oxygens (including phenoxy) is 1. The van der Waals surface area contributed by atoms with Crippen molar-refractivity contribution >= 4 is 29.2 Å². The van der Waals surface area contributed by atoms with Crippen LogP contribution in [-0.2, 0) is 11.3 Å². The fourth-order valence-electron chi connectivity index (χ4n) is 2.93. The van der Waals surface area contributed by atoms with Gasteiger partial charge in [-0.1, -0.05) is 29.8 Å². The summed E-state index contributed by atoms with van der Waals surface area (Å²) in [6.07, 6.45) is 0. The zero-order chi connectivity index (χ0) is 19.4. The van der Waals surface area contributed by atoms with Crippen LogP contribution >= 0.6 is 11.6 Å². The molecule has 27 heavy (non-hydrogen) atoms. The molecule has 0 fully saturated rings. The molecule has 0 atom stereocenters. The summed E-state index contributed by atoms with van der Waals surface area (Å²) in [4.78, 5) is 37.9. The molecule has 0 saturated heterocycles. The first kappa shape index (κ1) is 18.9. The van der Waals surface area contributed by atoms with Crippen LogP contribution in [0.15, 0.2) is 42.5 Å². The smallest absolute Gasteiger partial charge is 0.260 e. The van der Waals surface area contributed by atoms with Crippen molar-refractivity contribution < 1.29 is 19.1 Å². The van der Waals surface area contributed by atoms with Crippen molar-refractivity contribution in [3.63, 3.8) is 0 Å². The van der Waals surface area contributed by atoms with Crippen molar-refractivity contribution in [1.29, 1.82) is 0 Å². The van der Waals surface area contributed by atoms with E-state index in [4.69, 9.17) is 16.3 Å². The van der Waals surface area contributed by atoms with Gasteiger partial charge in [0.2, 0.25) is 0 Å². The van der Waals surface area contributed by atoms with Crippen molar-refractivity contribution in [1.82, 2.24) is 10.2 Å². The summed E-state index contributed by atoms with van der Waals surface area (Å²) in [7, 11) is 0. The Kier molecular flexibility index (Phi) is 5.76. The number of hydrogen-bond acceptors (Lipinski definition) is 4. The highest BCUT2D eigenvalue weighted by molar-refractivity contribution is 6.30. The van der Waals surface area contributed by atoms with Crippen molar-refractivity contribution in [2.45, 2.75) is 13.5 Å². The van der Waals surface area contributed by atoms with E-state index >= 15 is 0 Å². The highest BCUT2D eigenvalue weighted by atomic mass is 35.5. The van der Waals surface area contributed by atoms with Crippen LogP contribution in [0.5, 0.6) is 5.75 Å². The van der Waals surface area contributed by atoms with Crippen LogP contribution in [0.4, 0.5) is 0 Å². The quantitative estimate of drug-likeness (QED) is 0.801. The summed E-state index contributed by atoms with van der Waals surface area (Å²) < 4.78 is 5.51. The molecule has 0 aromatic heterocycles. The molecular formula is C20H19ClN2O4. The van der Waals surface area contributed by atoms with Gasteiger partial charge < -0.3 is 15.0 Å². The van der Waals surface area contributed by atoms with Gasteiger partial charge >= 0.3 is 0 Å². The molecule has 2 amide bonds. The van der Waals surface area contributed by atoms with Crippen molar-refractivity contribution in [2.75, 3.05) is 19.7 Å². The molecular weight excluding hydrogens is 368 g/mol. The van der Waals surface area contributed by atoms with Gasteiger partial charge in [-0.25, -0.2) is 0 Å². The third-order valence-corrected chi connectivity index (χ3v) is 4.54. The number of nitrogens with one attached hydrogen (secondary N) is 1. The number of rotatable bonds is 5. The van der Waals surface area contributed by atoms with Gasteiger partial charge in [0.1, 0.15) is 5.75 Å². The van der Waals surface area contributed by atoms with Crippen LogP contribution in [0.2, 0.25) is 5.02 Å². The number of carbonyl (C=O) groups excluding carboxylic acids is 3. The second-order valence-electron chi connectivity index (χ2n) is 6.21. The van der Waals surface area contributed by atoms with Gasteiger partial charge in [0.15, 0.2) is 12.4 Å². The standard InChI is InChI=1S/C20H19ClN2O4/c1-13(24)16-4-2-3-5-17(16)20(26)22-8-9-23-11-14-10-15(21)6-7-18(14)27-12-19(23)25/h2-7,10H,8-9,11-12H2,1H3,(H,22,26). The molecule has 3 rings (SSSR count). The van der Waals surface area contributed by atoms with Gasteiger partial charge in [-0.2, -0.15) is 0 Å². The summed E-state index contributed by atoms with van der Waals surface area (Å²) in [5.41, 5.74) is 1.52. The molecule has 0 spiro atoms. The average molecular weight is 387 g/mol. The summed E-state index contributed by atoms with van der Waals surface area (Å²) in [6, 6.07) is 11.9. The van der Waals surface area contributed by atoms with E-state index in [1.807, 2.05) is 0 Å². The topological polar surface area (TPSA) is 75.7 Å². The Balaban J connectivity index is 1.64. The highest BCUT2D eigenvalue weighted by Crippen LogP contribution is 2.26.